The third kappa shape index (κ3) is 4.83. The van der Waals surface area contributed by atoms with Gasteiger partial charge >= 0.3 is 0 Å². The Labute approximate surface area is 141 Å². The number of aliphatic hydroxyl groups excluding tert-OH is 2. The lowest BCUT2D eigenvalue weighted by molar-refractivity contribution is 0.0893. The highest BCUT2D eigenvalue weighted by Gasteiger charge is 2.13. The smallest absolute Gasteiger partial charge is 0.193 e. The average Bonchev–Trinajstić information content (AvgIpc) is 2.62. The van der Waals surface area contributed by atoms with Gasteiger partial charge in [-0.25, -0.2) is 0 Å². The number of hydrogen-bond acceptors (Lipinski definition) is 5. The minimum atomic E-state index is -0.115. The number of carbonyl (C=O) groups is 2. The van der Waals surface area contributed by atoms with Gasteiger partial charge in [-0.05, 0) is 0 Å². The molecule has 2 rings (SSSR count). The molecule has 24 heavy (non-hydrogen) atoms. The van der Waals surface area contributed by atoms with Crippen molar-refractivity contribution < 1.29 is 19.8 Å². The maximum atomic E-state index is 12.3. The van der Waals surface area contributed by atoms with E-state index in [1.165, 1.54) is 0 Å². The second-order valence-electron chi connectivity index (χ2n) is 5.42. The quantitative estimate of drug-likeness (QED) is 0.681. The van der Waals surface area contributed by atoms with Gasteiger partial charge in [0, 0.05) is 29.8 Å². The molecule has 5 nitrogen and oxygen atoms in total. The van der Waals surface area contributed by atoms with Gasteiger partial charge in [0.15, 0.2) is 11.6 Å². The van der Waals surface area contributed by atoms with Crippen molar-refractivity contribution in [3.8, 4) is 0 Å². The molecule has 0 radical (unpaired) electrons. The van der Waals surface area contributed by atoms with E-state index < -0.39 is 0 Å². The first kappa shape index (κ1) is 18.0. The largest absolute Gasteiger partial charge is 0.395 e. The standard InChI is InChI=1S/C19H21NO4/c21-12-10-20(11-13-22)14-18(23)15-6-8-17(9-7-15)19(24)16-4-2-1-3-5-16/h1-9,21-22H,10-14H2. The number of ketones is 2. The molecule has 0 saturated carbocycles. The molecule has 126 valence electrons. The molecule has 0 unspecified atom stereocenters. The van der Waals surface area contributed by atoms with Crippen molar-refractivity contribution in [2.45, 2.75) is 0 Å². The van der Waals surface area contributed by atoms with Gasteiger partial charge in [-0.2, -0.15) is 0 Å². The van der Waals surface area contributed by atoms with Crippen LogP contribution in [0.2, 0.25) is 0 Å². The maximum absolute atomic E-state index is 12.3. The van der Waals surface area contributed by atoms with Crippen LogP contribution in [0.5, 0.6) is 0 Å². The van der Waals surface area contributed by atoms with E-state index in [2.05, 4.69) is 0 Å². The monoisotopic (exact) mass is 327 g/mol. The lowest BCUT2D eigenvalue weighted by Gasteiger charge is -2.19. The number of hydrogen-bond donors (Lipinski definition) is 2. The van der Waals surface area contributed by atoms with Crippen LogP contribution in [0.3, 0.4) is 0 Å². The fourth-order valence-electron chi connectivity index (χ4n) is 2.41. The first-order valence-corrected chi connectivity index (χ1v) is 7.82. The Bertz CT molecular complexity index is 662. The van der Waals surface area contributed by atoms with Crippen LogP contribution in [0.25, 0.3) is 0 Å². The van der Waals surface area contributed by atoms with E-state index in [0.717, 1.165) is 0 Å². The number of rotatable bonds is 9. The highest BCUT2D eigenvalue weighted by Crippen LogP contribution is 2.12. The molecule has 0 fully saturated rings. The number of aliphatic hydroxyl groups is 2. The molecule has 0 aliphatic carbocycles. The zero-order valence-corrected chi connectivity index (χ0v) is 13.4. The first-order valence-electron chi connectivity index (χ1n) is 7.82. The second-order valence-corrected chi connectivity index (χ2v) is 5.42. The van der Waals surface area contributed by atoms with E-state index in [-0.39, 0.29) is 31.3 Å². The van der Waals surface area contributed by atoms with E-state index in [1.807, 2.05) is 18.2 Å². The number of Topliss-reactive ketones (excluding diaryl/α,β-unsaturated/α-hetero) is 1. The molecule has 0 saturated heterocycles. The summed E-state index contributed by atoms with van der Waals surface area (Å²) >= 11 is 0. The number of nitrogens with zero attached hydrogens (tertiary/aromatic N) is 1. The topological polar surface area (TPSA) is 77.8 Å². The van der Waals surface area contributed by atoms with Crippen molar-refractivity contribution in [1.82, 2.24) is 4.90 Å². The van der Waals surface area contributed by atoms with Crippen LogP contribution in [-0.2, 0) is 0 Å². The molecule has 2 aromatic rings. The third-order valence-electron chi connectivity index (χ3n) is 3.70. The molecular weight excluding hydrogens is 306 g/mol. The Morgan fingerprint density at radius 1 is 0.750 bits per heavy atom. The van der Waals surface area contributed by atoms with Gasteiger partial charge in [0.05, 0.1) is 19.8 Å². The number of benzene rings is 2. The van der Waals surface area contributed by atoms with Crippen LogP contribution in [0, 0.1) is 0 Å². The van der Waals surface area contributed by atoms with Gasteiger partial charge in [0.2, 0.25) is 0 Å². The Morgan fingerprint density at radius 3 is 1.79 bits per heavy atom. The summed E-state index contributed by atoms with van der Waals surface area (Å²) in [7, 11) is 0. The molecule has 0 aliphatic heterocycles. The minimum absolute atomic E-state index is 0.0716. The summed E-state index contributed by atoms with van der Waals surface area (Å²) in [6, 6.07) is 15.5. The molecule has 0 bridgehead atoms. The Morgan fingerprint density at radius 2 is 1.25 bits per heavy atom. The molecule has 2 aromatic carbocycles. The third-order valence-corrected chi connectivity index (χ3v) is 3.70. The summed E-state index contributed by atoms with van der Waals surface area (Å²) < 4.78 is 0. The second kappa shape index (κ2) is 9.08. The van der Waals surface area contributed by atoms with E-state index in [9.17, 15) is 9.59 Å². The van der Waals surface area contributed by atoms with Crippen molar-refractivity contribution >= 4 is 11.6 Å². The van der Waals surface area contributed by atoms with Crippen LogP contribution in [0.15, 0.2) is 54.6 Å². The van der Waals surface area contributed by atoms with Crippen LogP contribution < -0.4 is 0 Å². The highest BCUT2D eigenvalue weighted by atomic mass is 16.3. The fraction of sp³-hybridized carbons (Fsp3) is 0.263. The summed E-state index contributed by atoms with van der Waals surface area (Å²) in [6.45, 7) is 0.635. The van der Waals surface area contributed by atoms with Crippen LogP contribution in [0.4, 0.5) is 0 Å². The molecule has 0 amide bonds. The zero-order valence-electron chi connectivity index (χ0n) is 13.4. The lowest BCUT2D eigenvalue weighted by atomic mass is 10.0. The predicted molar refractivity (Wildman–Crippen MR) is 91.3 cm³/mol. The van der Waals surface area contributed by atoms with E-state index in [0.29, 0.717) is 29.8 Å². The highest BCUT2D eigenvalue weighted by molar-refractivity contribution is 6.09. The summed E-state index contributed by atoms with van der Waals surface area (Å²) in [5.41, 5.74) is 1.63. The Hall–Kier alpha value is -2.34. The van der Waals surface area contributed by atoms with Gasteiger partial charge in [-0.15, -0.1) is 0 Å². The summed E-state index contributed by atoms with van der Waals surface area (Å²) in [5.74, 6) is -0.201. The molecule has 0 atom stereocenters. The SMILES string of the molecule is O=C(CN(CCO)CCO)c1ccc(C(=O)c2ccccc2)cc1. The normalized spacial score (nSPS) is 10.8. The van der Waals surface area contributed by atoms with Gasteiger partial charge in [0.25, 0.3) is 0 Å². The lowest BCUT2D eigenvalue weighted by Crippen LogP contribution is -2.34. The zero-order chi connectivity index (χ0) is 17.4. The molecule has 0 aromatic heterocycles. The van der Waals surface area contributed by atoms with Crippen molar-refractivity contribution in [2.24, 2.45) is 0 Å². The molecule has 0 spiro atoms. The predicted octanol–water partition coefficient (Wildman–Crippen LogP) is 1.39. The van der Waals surface area contributed by atoms with E-state index in [1.54, 1.807) is 41.3 Å². The molecule has 0 aliphatic rings. The summed E-state index contributed by atoms with van der Waals surface area (Å²) in [5, 5.41) is 18.0. The average molecular weight is 327 g/mol. The summed E-state index contributed by atoms with van der Waals surface area (Å²) in [6.07, 6.45) is 0. The van der Waals surface area contributed by atoms with Gasteiger partial charge in [0.1, 0.15) is 0 Å². The Balaban J connectivity index is 2.05. The molecular formula is C19H21NO4. The van der Waals surface area contributed by atoms with Gasteiger partial charge < -0.3 is 10.2 Å². The Kier molecular flexibility index (Phi) is 6.81. The van der Waals surface area contributed by atoms with Crippen LogP contribution in [-0.4, -0.2) is 59.5 Å². The van der Waals surface area contributed by atoms with Gasteiger partial charge in [-0.3, -0.25) is 14.5 Å². The maximum Gasteiger partial charge on any atom is 0.193 e. The van der Waals surface area contributed by atoms with Crippen molar-refractivity contribution in [3.05, 3.63) is 71.3 Å². The summed E-state index contributed by atoms with van der Waals surface area (Å²) in [4.78, 5) is 26.3. The molecule has 2 N–H and O–H groups in total. The van der Waals surface area contributed by atoms with Crippen molar-refractivity contribution in [1.29, 1.82) is 0 Å². The van der Waals surface area contributed by atoms with Gasteiger partial charge in [-0.1, -0.05) is 54.6 Å². The van der Waals surface area contributed by atoms with Crippen molar-refractivity contribution in [2.75, 3.05) is 32.8 Å². The molecule has 0 heterocycles. The molecule has 5 heteroatoms. The minimum Gasteiger partial charge on any atom is -0.395 e. The van der Waals surface area contributed by atoms with Crippen LogP contribution >= 0.6 is 0 Å². The fourth-order valence-corrected chi connectivity index (χ4v) is 2.41. The van der Waals surface area contributed by atoms with E-state index >= 15 is 0 Å². The van der Waals surface area contributed by atoms with Crippen molar-refractivity contribution in [3.63, 3.8) is 0 Å². The van der Waals surface area contributed by atoms with Crippen LogP contribution in [0.1, 0.15) is 26.3 Å². The van der Waals surface area contributed by atoms with E-state index in [4.69, 9.17) is 10.2 Å². The number of carbonyl (C=O) groups excluding carboxylic acids is 2. The first-order chi connectivity index (χ1) is 11.7.